The molecule has 2 amide bonds. The van der Waals surface area contributed by atoms with Crippen molar-refractivity contribution in [2.45, 2.75) is 108 Å². The van der Waals surface area contributed by atoms with E-state index in [1.165, 1.54) is 31.2 Å². The molecule has 10 N–H and O–H groups in total. The van der Waals surface area contributed by atoms with E-state index in [-0.39, 0.29) is 18.6 Å². The van der Waals surface area contributed by atoms with Crippen molar-refractivity contribution in [1.29, 1.82) is 0 Å². The van der Waals surface area contributed by atoms with Gasteiger partial charge in [-0.2, -0.15) is 0 Å². The average Bonchev–Trinajstić information content (AvgIpc) is 3.17. The van der Waals surface area contributed by atoms with Crippen LogP contribution in [-0.2, 0) is 49.6 Å². The van der Waals surface area contributed by atoms with E-state index in [2.05, 4.69) is 10.6 Å². The van der Waals surface area contributed by atoms with E-state index in [4.69, 9.17) is 25.7 Å². The first-order valence-corrected chi connectivity index (χ1v) is 17.8. The smallest absolute Gasteiger partial charge is 0.342 e. The van der Waals surface area contributed by atoms with Crippen LogP contribution in [0.4, 0.5) is 0 Å². The van der Waals surface area contributed by atoms with E-state index in [9.17, 15) is 49.2 Å². The number of nitrogens with one attached hydrogen (secondary N) is 2. The predicted octanol–water partition coefficient (Wildman–Crippen LogP) is -0.548. The molecule has 0 radical (unpaired) electrons. The van der Waals surface area contributed by atoms with Crippen LogP contribution in [0.5, 0.6) is 0 Å². The Kier molecular flexibility index (Phi) is 18.0. The third-order valence-electron chi connectivity index (χ3n) is 8.76. The molecule has 17 heteroatoms. The van der Waals surface area contributed by atoms with E-state index in [0.717, 1.165) is 0 Å². The van der Waals surface area contributed by atoms with Crippen molar-refractivity contribution in [2.24, 2.45) is 16.9 Å². The molecule has 8 atom stereocenters. The second-order valence-corrected chi connectivity index (χ2v) is 14.0. The first kappa shape index (κ1) is 46.4. The molecule has 0 aliphatic heterocycles. The molecule has 0 heterocycles. The quantitative estimate of drug-likeness (QED) is 0.0449. The molecule has 2 aromatic rings. The fourth-order valence-electron chi connectivity index (χ4n) is 5.34. The lowest BCUT2D eigenvalue weighted by molar-refractivity contribution is -0.175. The number of Topliss-reactive ketones (excluding diaryl/α,β-unsaturated/α-hetero) is 1. The molecule has 0 aliphatic carbocycles. The number of esters is 3. The topological polar surface area (TPSA) is 287 Å². The normalized spacial score (nSPS) is 16.4. The van der Waals surface area contributed by atoms with Gasteiger partial charge in [0.1, 0.15) is 30.9 Å². The van der Waals surface area contributed by atoms with E-state index < -0.39 is 109 Å². The summed E-state index contributed by atoms with van der Waals surface area (Å²) in [7, 11) is 0. The van der Waals surface area contributed by atoms with Gasteiger partial charge in [0.15, 0.2) is 5.78 Å². The lowest BCUT2D eigenvalue weighted by atomic mass is 9.82. The Morgan fingerprint density at radius 1 is 0.800 bits per heavy atom. The van der Waals surface area contributed by atoms with Crippen LogP contribution in [0.2, 0.25) is 0 Å². The molecule has 0 saturated heterocycles. The van der Waals surface area contributed by atoms with Crippen molar-refractivity contribution in [3.63, 3.8) is 0 Å². The molecular formula is C38H54N4O13. The summed E-state index contributed by atoms with van der Waals surface area (Å²) in [6.45, 7) is 5.60. The Morgan fingerprint density at radius 3 is 1.91 bits per heavy atom. The summed E-state index contributed by atoms with van der Waals surface area (Å²) in [6, 6.07) is 11.1. The Balaban J connectivity index is 2.35. The molecule has 0 saturated carbocycles. The summed E-state index contributed by atoms with van der Waals surface area (Å²) >= 11 is 0. The van der Waals surface area contributed by atoms with Gasteiger partial charge in [-0.3, -0.25) is 24.0 Å². The number of rotatable bonds is 21. The highest BCUT2D eigenvalue weighted by Crippen LogP contribution is 2.27. The molecule has 0 aromatic heterocycles. The molecule has 304 valence electrons. The lowest BCUT2D eigenvalue weighted by Crippen LogP contribution is -2.68. The highest BCUT2D eigenvalue weighted by molar-refractivity contribution is 6.11. The molecule has 55 heavy (non-hydrogen) atoms. The fourth-order valence-corrected chi connectivity index (χ4v) is 5.34. The summed E-state index contributed by atoms with van der Waals surface area (Å²) in [5.74, 6) is -8.20. The summed E-state index contributed by atoms with van der Waals surface area (Å²) in [5, 5.41) is 48.1. The third kappa shape index (κ3) is 12.6. The maximum absolute atomic E-state index is 13.9. The van der Waals surface area contributed by atoms with E-state index in [0.29, 0.717) is 12.0 Å². The summed E-state index contributed by atoms with van der Waals surface area (Å²) in [5.41, 5.74) is 9.47. The number of nitrogens with two attached hydrogens (primary N) is 2. The van der Waals surface area contributed by atoms with Crippen molar-refractivity contribution in [2.75, 3.05) is 13.4 Å². The minimum absolute atomic E-state index is 0.176. The number of hydrogen-bond donors (Lipinski definition) is 8. The van der Waals surface area contributed by atoms with Gasteiger partial charge in [-0.1, -0.05) is 80.9 Å². The predicted molar refractivity (Wildman–Crippen MR) is 196 cm³/mol. The van der Waals surface area contributed by atoms with Gasteiger partial charge in [-0.05, 0) is 44.7 Å². The molecule has 2 rings (SSSR count). The fraction of sp³-hybridized carbons (Fsp3) is 0.526. The minimum Gasteiger partial charge on any atom is -0.459 e. The summed E-state index contributed by atoms with van der Waals surface area (Å²) in [6.07, 6.45) is -6.78. The zero-order valence-corrected chi connectivity index (χ0v) is 31.7. The number of ketones is 1. The largest absolute Gasteiger partial charge is 0.459 e. The van der Waals surface area contributed by atoms with Crippen LogP contribution in [0.25, 0.3) is 0 Å². The molecule has 17 nitrogen and oxygen atoms in total. The number of amides is 2. The van der Waals surface area contributed by atoms with Gasteiger partial charge in [0.05, 0.1) is 24.2 Å². The number of ether oxygens (including phenoxy) is 3. The van der Waals surface area contributed by atoms with Crippen LogP contribution in [0.1, 0.15) is 70.9 Å². The highest BCUT2D eigenvalue weighted by atomic mass is 16.7. The standard InChI is InChI=1S/C38H54N4O13/c1-6-14-24(39)32(48)42-38(7-2,36(52)53-20-22-15-10-8-11-16-22)34(50)41-25(19-43)28(44)30(46)31(47)29(45)26(23-17-12-9-13-18-23)27(40)33(49)54-21-55-35(51)37(3,4)5/h8-13,15-18,24-27,29-31,43,45-47H,6-7,14,19-21,39-40H2,1-5H3,(H,41,50)(H,42,48)/t24-,25-,26?,27-,29?,30+,31+,38-/m0/s1. The monoisotopic (exact) mass is 774 g/mol. The van der Waals surface area contributed by atoms with E-state index in [1.54, 1.807) is 64.1 Å². The Morgan fingerprint density at radius 2 is 1.38 bits per heavy atom. The number of carbonyl (C=O) groups is 6. The average molecular weight is 775 g/mol. The number of aliphatic hydroxyl groups excluding tert-OH is 4. The maximum atomic E-state index is 13.9. The molecule has 0 fully saturated rings. The molecule has 0 bridgehead atoms. The van der Waals surface area contributed by atoms with Crippen LogP contribution in [-0.4, -0.2) is 111 Å². The van der Waals surface area contributed by atoms with Gasteiger partial charge in [0.2, 0.25) is 18.2 Å². The first-order valence-electron chi connectivity index (χ1n) is 17.8. The zero-order valence-electron chi connectivity index (χ0n) is 31.7. The molecule has 2 aromatic carbocycles. The number of hydrogen-bond acceptors (Lipinski definition) is 15. The van der Waals surface area contributed by atoms with Gasteiger partial charge in [-0.15, -0.1) is 0 Å². The number of carbonyl (C=O) groups excluding carboxylic acids is 6. The third-order valence-corrected chi connectivity index (χ3v) is 8.76. The Hall–Kier alpha value is -4.78. The van der Waals surface area contributed by atoms with Gasteiger partial charge in [-0.25, -0.2) is 4.79 Å². The zero-order chi connectivity index (χ0) is 41.5. The van der Waals surface area contributed by atoms with Crippen molar-refractivity contribution < 1.29 is 63.4 Å². The van der Waals surface area contributed by atoms with Crippen molar-refractivity contribution in [3.8, 4) is 0 Å². The van der Waals surface area contributed by atoms with Crippen LogP contribution >= 0.6 is 0 Å². The number of benzene rings is 2. The summed E-state index contributed by atoms with van der Waals surface area (Å²) < 4.78 is 15.3. The van der Waals surface area contributed by atoms with E-state index in [1.807, 2.05) is 0 Å². The molecule has 0 spiro atoms. The first-order chi connectivity index (χ1) is 25.9. The number of aliphatic hydroxyl groups is 4. The van der Waals surface area contributed by atoms with Crippen LogP contribution in [0.15, 0.2) is 60.7 Å². The SMILES string of the molecule is CCC[C@H](N)C(=O)N[C@@](CC)(C(=O)N[C@@H](CO)C(=O)[C@@H](O)[C@H](O)C(O)C(c1ccccc1)[C@H](N)C(=O)OCOC(=O)C(C)(C)C)C(=O)OCc1ccccc1. The molecular weight excluding hydrogens is 720 g/mol. The second-order valence-electron chi connectivity index (χ2n) is 14.0. The van der Waals surface area contributed by atoms with Gasteiger partial charge >= 0.3 is 17.9 Å². The van der Waals surface area contributed by atoms with Crippen molar-refractivity contribution in [1.82, 2.24) is 10.6 Å². The van der Waals surface area contributed by atoms with Crippen molar-refractivity contribution >= 4 is 35.5 Å². The van der Waals surface area contributed by atoms with Crippen LogP contribution < -0.4 is 22.1 Å². The molecule has 2 unspecified atom stereocenters. The Bertz CT molecular complexity index is 1590. The second kappa shape index (κ2) is 21.3. The molecule has 0 aliphatic rings. The lowest BCUT2D eigenvalue weighted by Gasteiger charge is -2.34. The van der Waals surface area contributed by atoms with Crippen molar-refractivity contribution in [3.05, 3.63) is 71.8 Å². The van der Waals surface area contributed by atoms with Gasteiger partial charge < -0.3 is 56.7 Å². The minimum atomic E-state index is -2.52. The van der Waals surface area contributed by atoms with E-state index >= 15 is 0 Å². The van der Waals surface area contributed by atoms with Crippen LogP contribution in [0, 0.1) is 5.41 Å². The van der Waals surface area contributed by atoms with Crippen LogP contribution in [0.3, 0.4) is 0 Å². The highest BCUT2D eigenvalue weighted by Gasteiger charge is 2.50. The maximum Gasteiger partial charge on any atom is 0.342 e. The van der Waals surface area contributed by atoms with Gasteiger partial charge in [0, 0.05) is 5.92 Å². The summed E-state index contributed by atoms with van der Waals surface area (Å²) in [4.78, 5) is 79.1. The van der Waals surface area contributed by atoms with Gasteiger partial charge in [0.25, 0.3) is 5.91 Å². The Labute approximate surface area is 319 Å².